The molecule has 22 heavy (non-hydrogen) atoms. The SMILES string of the molecule is C=C(CCO)C(=O)NCCOCC1OC(O)C(O)C(O)C1O. The zero-order chi connectivity index (χ0) is 16.7. The van der Waals surface area contributed by atoms with Crippen molar-refractivity contribution >= 4 is 5.91 Å². The molecule has 1 saturated heterocycles. The topological polar surface area (TPSA) is 149 Å². The minimum atomic E-state index is -1.60. The number of nitrogens with one attached hydrogen (secondary N) is 1. The predicted molar refractivity (Wildman–Crippen MR) is 73.6 cm³/mol. The zero-order valence-electron chi connectivity index (χ0n) is 12.1. The average Bonchev–Trinajstić information content (AvgIpc) is 2.49. The molecule has 0 bridgehead atoms. The van der Waals surface area contributed by atoms with Crippen LogP contribution in [0, 0.1) is 0 Å². The number of ether oxygens (including phenoxy) is 2. The molecule has 0 aromatic carbocycles. The van der Waals surface area contributed by atoms with Gasteiger partial charge in [-0.2, -0.15) is 0 Å². The summed E-state index contributed by atoms with van der Waals surface area (Å²) >= 11 is 0. The van der Waals surface area contributed by atoms with E-state index in [0.29, 0.717) is 0 Å². The molecule has 9 heteroatoms. The van der Waals surface area contributed by atoms with Gasteiger partial charge in [0.1, 0.15) is 24.4 Å². The zero-order valence-corrected chi connectivity index (χ0v) is 12.1. The molecule has 1 heterocycles. The second kappa shape index (κ2) is 9.16. The third-order valence-electron chi connectivity index (χ3n) is 3.24. The fourth-order valence-electron chi connectivity index (χ4n) is 1.88. The lowest BCUT2D eigenvalue weighted by Crippen LogP contribution is -2.58. The van der Waals surface area contributed by atoms with E-state index in [1.54, 1.807) is 0 Å². The molecule has 128 valence electrons. The highest BCUT2D eigenvalue weighted by molar-refractivity contribution is 5.92. The van der Waals surface area contributed by atoms with E-state index in [4.69, 9.17) is 14.6 Å². The molecule has 1 aliphatic rings. The van der Waals surface area contributed by atoms with Crippen LogP contribution in [0.3, 0.4) is 0 Å². The van der Waals surface area contributed by atoms with E-state index in [-0.39, 0.29) is 44.3 Å². The summed E-state index contributed by atoms with van der Waals surface area (Å²) in [6, 6.07) is 0. The molecule has 9 nitrogen and oxygen atoms in total. The van der Waals surface area contributed by atoms with Crippen molar-refractivity contribution in [2.45, 2.75) is 37.1 Å². The van der Waals surface area contributed by atoms with Crippen LogP contribution in [-0.4, -0.2) is 88.5 Å². The van der Waals surface area contributed by atoms with Crippen LogP contribution >= 0.6 is 0 Å². The molecule has 0 aromatic heterocycles. The molecular weight excluding hydrogens is 298 g/mol. The number of aliphatic hydroxyl groups excluding tert-OH is 5. The quantitative estimate of drug-likeness (QED) is 0.203. The molecule has 0 aliphatic carbocycles. The molecule has 1 fully saturated rings. The van der Waals surface area contributed by atoms with Gasteiger partial charge in [0.05, 0.1) is 13.2 Å². The summed E-state index contributed by atoms with van der Waals surface area (Å²) in [5.41, 5.74) is 0.258. The van der Waals surface area contributed by atoms with Crippen LogP contribution in [0.15, 0.2) is 12.2 Å². The fraction of sp³-hybridized carbons (Fsp3) is 0.769. The van der Waals surface area contributed by atoms with Gasteiger partial charge in [-0.3, -0.25) is 4.79 Å². The van der Waals surface area contributed by atoms with Crippen molar-refractivity contribution in [3.8, 4) is 0 Å². The summed E-state index contributed by atoms with van der Waals surface area (Å²) in [5, 5.41) is 49.0. The molecule has 6 N–H and O–H groups in total. The molecule has 1 amide bonds. The standard InChI is InChI=1S/C13H23NO8/c1-7(2-4-15)12(19)14-3-5-21-6-8-9(16)10(17)11(18)13(20)22-8/h8-11,13,15-18,20H,1-6H2,(H,14,19). The number of carbonyl (C=O) groups excluding carboxylic acids is 1. The van der Waals surface area contributed by atoms with Crippen molar-refractivity contribution in [3.63, 3.8) is 0 Å². The van der Waals surface area contributed by atoms with Crippen molar-refractivity contribution in [2.24, 2.45) is 0 Å². The molecule has 0 radical (unpaired) electrons. The number of amides is 1. The molecule has 1 rings (SSSR count). The number of carbonyl (C=O) groups is 1. The fourth-order valence-corrected chi connectivity index (χ4v) is 1.88. The molecule has 5 atom stereocenters. The second-order valence-corrected chi connectivity index (χ2v) is 4.94. The van der Waals surface area contributed by atoms with Gasteiger partial charge in [-0.1, -0.05) is 6.58 Å². The van der Waals surface area contributed by atoms with E-state index in [0.717, 1.165) is 0 Å². The summed E-state index contributed by atoms with van der Waals surface area (Å²) < 4.78 is 10.1. The van der Waals surface area contributed by atoms with E-state index < -0.39 is 30.7 Å². The number of hydrogen-bond acceptors (Lipinski definition) is 8. The minimum absolute atomic E-state index is 0.111. The largest absolute Gasteiger partial charge is 0.396 e. The van der Waals surface area contributed by atoms with Gasteiger partial charge in [-0.05, 0) is 0 Å². The Morgan fingerprint density at radius 3 is 2.50 bits per heavy atom. The number of aliphatic hydroxyl groups is 5. The first kappa shape index (κ1) is 19.0. The van der Waals surface area contributed by atoms with Gasteiger partial charge in [0.15, 0.2) is 6.29 Å². The highest BCUT2D eigenvalue weighted by atomic mass is 16.6. The third kappa shape index (κ3) is 5.29. The van der Waals surface area contributed by atoms with Crippen molar-refractivity contribution < 1.29 is 39.8 Å². The van der Waals surface area contributed by atoms with Gasteiger partial charge >= 0.3 is 0 Å². The molecule has 1 aliphatic heterocycles. The Hall–Kier alpha value is -1.07. The Kier molecular flexibility index (Phi) is 7.90. The monoisotopic (exact) mass is 321 g/mol. The van der Waals surface area contributed by atoms with E-state index in [1.165, 1.54) is 0 Å². The van der Waals surface area contributed by atoms with Crippen LogP contribution in [0.2, 0.25) is 0 Å². The third-order valence-corrected chi connectivity index (χ3v) is 3.24. The summed E-state index contributed by atoms with van der Waals surface area (Å²) in [7, 11) is 0. The number of rotatable bonds is 8. The molecule has 0 saturated carbocycles. The van der Waals surface area contributed by atoms with Gasteiger partial charge < -0.3 is 40.3 Å². The van der Waals surface area contributed by atoms with Gasteiger partial charge in [0.2, 0.25) is 5.91 Å². The minimum Gasteiger partial charge on any atom is -0.396 e. The summed E-state index contributed by atoms with van der Waals surface area (Å²) in [6.07, 6.45) is -6.91. The van der Waals surface area contributed by atoms with Crippen LogP contribution in [-0.2, 0) is 14.3 Å². The van der Waals surface area contributed by atoms with Crippen LogP contribution in [0.25, 0.3) is 0 Å². The Morgan fingerprint density at radius 1 is 1.18 bits per heavy atom. The molecule has 0 aromatic rings. The van der Waals surface area contributed by atoms with E-state index in [9.17, 15) is 25.2 Å². The maximum absolute atomic E-state index is 11.4. The van der Waals surface area contributed by atoms with E-state index in [2.05, 4.69) is 11.9 Å². The van der Waals surface area contributed by atoms with Crippen molar-refractivity contribution in [3.05, 3.63) is 12.2 Å². The van der Waals surface area contributed by atoms with Crippen LogP contribution in [0.4, 0.5) is 0 Å². The molecule has 5 unspecified atom stereocenters. The first-order valence-electron chi connectivity index (χ1n) is 6.90. The Balaban J connectivity index is 2.22. The first-order chi connectivity index (χ1) is 10.4. The van der Waals surface area contributed by atoms with Crippen molar-refractivity contribution in [1.29, 1.82) is 0 Å². The lowest BCUT2D eigenvalue weighted by molar-refractivity contribution is -0.288. The maximum Gasteiger partial charge on any atom is 0.246 e. The van der Waals surface area contributed by atoms with Gasteiger partial charge in [0, 0.05) is 25.1 Å². The summed E-state index contributed by atoms with van der Waals surface area (Å²) in [5.74, 6) is -0.388. The predicted octanol–water partition coefficient (Wildman–Crippen LogP) is -3.14. The highest BCUT2D eigenvalue weighted by Crippen LogP contribution is 2.19. The Morgan fingerprint density at radius 2 is 1.86 bits per heavy atom. The van der Waals surface area contributed by atoms with Gasteiger partial charge in [-0.15, -0.1) is 0 Å². The lowest BCUT2D eigenvalue weighted by Gasteiger charge is -2.38. The lowest BCUT2D eigenvalue weighted by atomic mass is 9.99. The van der Waals surface area contributed by atoms with Crippen LogP contribution in [0.5, 0.6) is 0 Å². The van der Waals surface area contributed by atoms with Crippen molar-refractivity contribution in [1.82, 2.24) is 5.32 Å². The average molecular weight is 321 g/mol. The van der Waals surface area contributed by atoms with Crippen LogP contribution < -0.4 is 5.32 Å². The molecular formula is C13H23NO8. The smallest absolute Gasteiger partial charge is 0.246 e. The van der Waals surface area contributed by atoms with Gasteiger partial charge in [-0.25, -0.2) is 0 Å². The maximum atomic E-state index is 11.4. The molecule has 0 spiro atoms. The number of hydrogen-bond donors (Lipinski definition) is 6. The summed E-state index contributed by atoms with van der Waals surface area (Å²) in [6.45, 7) is 3.51. The Labute approximate surface area is 127 Å². The van der Waals surface area contributed by atoms with Gasteiger partial charge in [0.25, 0.3) is 0 Å². The second-order valence-electron chi connectivity index (χ2n) is 4.94. The Bertz CT molecular complexity index is 377. The van der Waals surface area contributed by atoms with E-state index >= 15 is 0 Å². The van der Waals surface area contributed by atoms with Crippen molar-refractivity contribution in [2.75, 3.05) is 26.4 Å². The normalized spacial score (nSPS) is 31.8. The first-order valence-corrected chi connectivity index (χ1v) is 6.90. The van der Waals surface area contributed by atoms with E-state index in [1.807, 2.05) is 0 Å². The highest BCUT2D eigenvalue weighted by Gasteiger charge is 2.42. The van der Waals surface area contributed by atoms with Crippen LogP contribution in [0.1, 0.15) is 6.42 Å². The summed E-state index contributed by atoms with van der Waals surface area (Å²) in [4.78, 5) is 11.4.